The van der Waals surface area contributed by atoms with E-state index in [0.29, 0.717) is 11.6 Å². The lowest BCUT2D eigenvalue weighted by Crippen LogP contribution is -2.50. The van der Waals surface area contributed by atoms with Crippen molar-refractivity contribution in [2.75, 3.05) is 44.6 Å². The first-order valence-corrected chi connectivity index (χ1v) is 9.21. The molecule has 2 aromatic rings. The summed E-state index contributed by atoms with van der Waals surface area (Å²) in [6, 6.07) is 15.2. The Bertz CT molecular complexity index is 728. The van der Waals surface area contributed by atoms with Crippen LogP contribution < -0.4 is 10.1 Å². The first kappa shape index (κ1) is 18.5. The minimum absolute atomic E-state index is 0.0346. The number of carbonyl (C=O) groups is 1. The third kappa shape index (κ3) is 5.38. The van der Waals surface area contributed by atoms with Crippen LogP contribution in [0.25, 0.3) is 0 Å². The van der Waals surface area contributed by atoms with Gasteiger partial charge < -0.3 is 15.0 Å². The molecule has 1 saturated heterocycles. The molecule has 1 heterocycles. The van der Waals surface area contributed by atoms with E-state index in [2.05, 4.69) is 10.2 Å². The summed E-state index contributed by atoms with van der Waals surface area (Å²) in [7, 11) is 0. The number of nitrogens with zero attached hydrogens (tertiary/aromatic N) is 2. The molecule has 0 saturated carbocycles. The maximum absolute atomic E-state index is 12.4. The average Bonchev–Trinajstić information content (AvgIpc) is 2.64. The highest BCUT2D eigenvalue weighted by Crippen LogP contribution is 2.15. The van der Waals surface area contributed by atoms with Gasteiger partial charge in [-0.3, -0.25) is 4.90 Å². The van der Waals surface area contributed by atoms with E-state index in [9.17, 15) is 4.79 Å². The molecular weight excluding hydrogens is 350 g/mol. The molecule has 1 N–H and O–H groups in total. The monoisotopic (exact) mass is 373 g/mol. The Morgan fingerprint density at radius 2 is 1.85 bits per heavy atom. The molecule has 2 aromatic carbocycles. The number of ether oxygens (including phenoxy) is 1. The number of hydrogen-bond donors (Lipinski definition) is 1. The van der Waals surface area contributed by atoms with Crippen LogP contribution in [0.5, 0.6) is 5.75 Å². The summed E-state index contributed by atoms with van der Waals surface area (Å²) in [4.78, 5) is 16.5. The van der Waals surface area contributed by atoms with E-state index in [1.165, 1.54) is 0 Å². The third-order valence-corrected chi connectivity index (χ3v) is 4.67. The van der Waals surface area contributed by atoms with Crippen molar-refractivity contribution in [3.8, 4) is 5.75 Å². The Morgan fingerprint density at radius 1 is 1.12 bits per heavy atom. The van der Waals surface area contributed by atoms with Gasteiger partial charge in [0.2, 0.25) is 0 Å². The van der Waals surface area contributed by atoms with Crippen molar-refractivity contribution in [1.82, 2.24) is 9.80 Å². The Labute approximate surface area is 159 Å². The number of anilines is 1. The highest BCUT2D eigenvalue weighted by Gasteiger charge is 2.21. The average molecular weight is 374 g/mol. The van der Waals surface area contributed by atoms with Crippen LogP contribution in [0.2, 0.25) is 5.02 Å². The van der Waals surface area contributed by atoms with Gasteiger partial charge in [-0.05, 0) is 48.9 Å². The second-order valence-electron chi connectivity index (χ2n) is 6.43. The fraction of sp³-hybridized carbons (Fsp3) is 0.350. The van der Waals surface area contributed by atoms with Gasteiger partial charge in [-0.15, -0.1) is 0 Å². The number of carbonyl (C=O) groups excluding carboxylic acids is 1. The summed E-state index contributed by atoms with van der Waals surface area (Å²) in [6.45, 7) is 6.63. The van der Waals surface area contributed by atoms with Crippen LogP contribution in [0.1, 0.15) is 5.56 Å². The zero-order valence-corrected chi connectivity index (χ0v) is 15.7. The molecule has 0 aliphatic carbocycles. The molecule has 5 nitrogen and oxygen atoms in total. The predicted octanol–water partition coefficient (Wildman–Crippen LogP) is 3.88. The summed E-state index contributed by atoms with van der Waals surface area (Å²) in [5.74, 6) is 0.825. The summed E-state index contributed by atoms with van der Waals surface area (Å²) in [6.07, 6.45) is 0. The van der Waals surface area contributed by atoms with Crippen LogP contribution in [-0.2, 0) is 0 Å². The van der Waals surface area contributed by atoms with E-state index in [1.807, 2.05) is 60.4 Å². The summed E-state index contributed by atoms with van der Waals surface area (Å²) in [5, 5.41) is 3.68. The lowest BCUT2D eigenvalue weighted by molar-refractivity contribution is 0.132. The molecule has 0 unspecified atom stereocenters. The molecule has 3 rings (SSSR count). The fourth-order valence-electron chi connectivity index (χ4n) is 2.92. The second-order valence-corrected chi connectivity index (χ2v) is 6.87. The van der Waals surface area contributed by atoms with Gasteiger partial charge in [-0.2, -0.15) is 0 Å². The summed E-state index contributed by atoms with van der Waals surface area (Å²) in [5.41, 5.74) is 1.97. The van der Waals surface area contributed by atoms with Crippen molar-refractivity contribution in [3.63, 3.8) is 0 Å². The number of benzene rings is 2. The van der Waals surface area contributed by atoms with E-state index >= 15 is 0 Å². The van der Waals surface area contributed by atoms with Crippen LogP contribution in [0.4, 0.5) is 10.5 Å². The normalized spacial score (nSPS) is 14.9. The van der Waals surface area contributed by atoms with E-state index in [4.69, 9.17) is 16.3 Å². The van der Waals surface area contributed by atoms with E-state index in [0.717, 1.165) is 49.7 Å². The largest absolute Gasteiger partial charge is 0.492 e. The zero-order valence-electron chi connectivity index (χ0n) is 15.0. The van der Waals surface area contributed by atoms with Gasteiger partial charge in [0.15, 0.2) is 0 Å². The second kappa shape index (κ2) is 8.92. The molecule has 1 aliphatic heterocycles. The molecular formula is C20H24ClN3O2. The highest BCUT2D eigenvalue weighted by molar-refractivity contribution is 6.30. The molecule has 0 bridgehead atoms. The van der Waals surface area contributed by atoms with Gasteiger partial charge in [0.05, 0.1) is 0 Å². The summed E-state index contributed by atoms with van der Waals surface area (Å²) >= 11 is 5.86. The Morgan fingerprint density at radius 3 is 2.54 bits per heavy atom. The van der Waals surface area contributed by atoms with Crippen molar-refractivity contribution in [2.24, 2.45) is 0 Å². The molecule has 1 aliphatic rings. The molecule has 26 heavy (non-hydrogen) atoms. The number of amides is 2. The number of nitrogens with one attached hydrogen (secondary N) is 1. The maximum atomic E-state index is 12.4. The van der Waals surface area contributed by atoms with E-state index < -0.39 is 0 Å². The van der Waals surface area contributed by atoms with Crippen LogP contribution in [-0.4, -0.2) is 55.2 Å². The van der Waals surface area contributed by atoms with Gasteiger partial charge >= 0.3 is 6.03 Å². The van der Waals surface area contributed by atoms with Crippen molar-refractivity contribution >= 4 is 23.3 Å². The SMILES string of the molecule is Cc1cccc(NC(=O)N2CCN(CCOc3ccc(Cl)cc3)CC2)c1. The highest BCUT2D eigenvalue weighted by atomic mass is 35.5. The molecule has 1 fully saturated rings. The minimum Gasteiger partial charge on any atom is -0.492 e. The number of hydrogen-bond acceptors (Lipinski definition) is 3. The first-order valence-electron chi connectivity index (χ1n) is 8.83. The van der Waals surface area contributed by atoms with Crippen LogP contribution in [0.15, 0.2) is 48.5 Å². The Balaban J connectivity index is 1.38. The Hall–Kier alpha value is -2.24. The number of urea groups is 1. The number of rotatable bonds is 5. The zero-order chi connectivity index (χ0) is 18.4. The standard InChI is InChI=1S/C20H24ClN3O2/c1-16-3-2-4-18(15-16)22-20(25)24-11-9-23(10-12-24)13-14-26-19-7-5-17(21)6-8-19/h2-8,15H,9-14H2,1H3,(H,22,25). The van der Waals surface area contributed by atoms with Gasteiger partial charge in [0, 0.05) is 43.4 Å². The Kier molecular flexibility index (Phi) is 6.36. The maximum Gasteiger partial charge on any atom is 0.321 e. The van der Waals surface area contributed by atoms with Crippen LogP contribution >= 0.6 is 11.6 Å². The molecule has 0 atom stereocenters. The lowest BCUT2D eigenvalue weighted by Gasteiger charge is -2.34. The van der Waals surface area contributed by atoms with E-state index in [1.54, 1.807) is 0 Å². The molecule has 0 radical (unpaired) electrons. The molecule has 2 amide bonds. The van der Waals surface area contributed by atoms with Gasteiger partial charge in [-0.25, -0.2) is 4.79 Å². The van der Waals surface area contributed by atoms with Crippen molar-refractivity contribution < 1.29 is 9.53 Å². The fourth-order valence-corrected chi connectivity index (χ4v) is 3.05. The number of halogens is 1. The first-order chi connectivity index (χ1) is 12.6. The lowest BCUT2D eigenvalue weighted by atomic mass is 10.2. The minimum atomic E-state index is -0.0346. The third-order valence-electron chi connectivity index (χ3n) is 4.42. The van der Waals surface area contributed by atoms with Gasteiger partial charge in [0.25, 0.3) is 0 Å². The number of piperazine rings is 1. The molecule has 0 aromatic heterocycles. The van der Waals surface area contributed by atoms with Crippen LogP contribution in [0, 0.1) is 6.92 Å². The topological polar surface area (TPSA) is 44.8 Å². The molecule has 6 heteroatoms. The van der Waals surface area contributed by atoms with E-state index in [-0.39, 0.29) is 6.03 Å². The number of aryl methyl sites for hydroxylation is 1. The predicted molar refractivity (Wildman–Crippen MR) is 105 cm³/mol. The van der Waals surface area contributed by atoms with Gasteiger partial charge in [0.1, 0.15) is 12.4 Å². The summed E-state index contributed by atoms with van der Waals surface area (Å²) < 4.78 is 5.74. The van der Waals surface area contributed by atoms with Crippen LogP contribution in [0.3, 0.4) is 0 Å². The van der Waals surface area contributed by atoms with Gasteiger partial charge in [-0.1, -0.05) is 23.7 Å². The molecule has 0 spiro atoms. The van der Waals surface area contributed by atoms with Crippen molar-refractivity contribution in [1.29, 1.82) is 0 Å². The quantitative estimate of drug-likeness (QED) is 0.865. The van der Waals surface area contributed by atoms with Crippen molar-refractivity contribution in [2.45, 2.75) is 6.92 Å². The smallest absolute Gasteiger partial charge is 0.321 e. The molecule has 138 valence electrons. The van der Waals surface area contributed by atoms with Crippen molar-refractivity contribution in [3.05, 3.63) is 59.1 Å².